The number of hydrogen-bond acceptors (Lipinski definition) is 8. The van der Waals surface area contributed by atoms with Crippen LogP contribution in [0.25, 0.3) is 0 Å². The summed E-state index contributed by atoms with van der Waals surface area (Å²) in [4.78, 5) is 25.8. The van der Waals surface area contributed by atoms with E-state index in [2.05, 4.69) is 0 Å². The van der Waals surface area contributed by atoms with Crippen molar-refractivity contribution >= 4 is 35.5 Å². The van der Waals surface area contributed by atoms with Crippen molar-refractivity contribution in [1.82, 2.24) is 0 Å². The van der Waals surface area contributed by atoms with E-state index >= 15 is 0 Å². The van der Waals surface area contributed by atoms with Gasteiger partial charge in [-0.3, -0.25) is 0 Å². The number of rotatable bonds is 15. The third-order valence-electron chi connectivity index (χ3n) is 4.11. The van der Waals surface area contributed by atoms with Crippen molar-refractivity contribution in [2.24, 2.45) is 0 Å². The smallest absolute Gasteiger partial charge is 0.339 e. The molecule has 0 radical (unpaired) electrons. The number of esters is 2. The molecule has 174 valence electrons. The fraction of sp³-hybridized carbons (Fsp3) is 0.417. The number of carbonyl (C=O) groups is 2. The van der Waals surface area contributed by atoms with E-state index in [-0.39, 0.29) is 11.9 Å². The van der Waals surface area contributed by atoms with Crippen LogP contribution in [0.4, 0.5) is 0 Å². The average Bonchev–Trinajstić information content (AvgIpc) is 2.81. The maximum Gasteiger partial charge on any atom is 0.339 e. The van der Waals surface area contributed by atoms with E-state index < -0.39 is 0 Å². The van der Waals surface area contributed by atoms with Crippen LogP contribution in [0.3, 0.4) is 0 Å². The van der Waals surface area contributed by atoms with E-state index in [4.69, 9.17) is 18.9 Å². The predicted molar refractivity (Wildman–Crippen MR) is 128 cm³/mol. The van der Waals surface area contributed by atoms with Gasteiger partial charge in [0, 0.05) is 21.3 Å². The summed E-state index contributed by atoms with van der Waals surface area (Å²) in [6.45, 7) is 6.44. The lowest BCUT2D eigenvalue weighted by atomic mass is 10.2. The molecule has 2 aromatic carbocycles. The van der Waals surface area contributed by atoms with Crippen LogP contribution in [0.1, 0.15) is 34.6 Å². The summed E-state index contributed by atoms with van der Waals surface area (Å²) in [5.41, 5.74) is 1.18. The second kappa shape index (κ2) is 15.7. The van der Waals surface area contributed by atoms with Gasteiger partial charge in [-0.05, 0) is 38.1 Å². The van der Waals surface area contributed by atoms with E-state index in [0.717, 1.165) is 21.3 Å². The van der Waals surface area contributed by atoms with Crippen LogP contribution in [0.2, 0.25) is 0 Å². The van der Waals surface area contributed by atoms with Crippen molar-refractivity contribution in [3.63, 3.8) is 0 Å². The lowest BCUT2D eigenvalue weighted by Gasteiger charge is -2.10. The molecule has 2 aromatic rings. The number of benzene rings is 2. The van der Waals surface area contributed by atoms with E-state index in [1.54, 1.807) is 49.5 Å². The molecule has 0 heterocycles. The Morgan fingerprint density at radius 3 is 1.47 bits per heavy atom. The molecule has 8 heteroatoms. The van der Waals surface area contributed by atoms with Gasteiger partial charge < -0.3 is 18.9 Å². The number of hydrogen-bond donors (Lipinski definition) is 0. The zero-order valence-electron chi connectivity index (χ0n) is 18.5. The first kappa shape index (κ1) is 26.3. The Morgan fingerprint density at radius 2 is 1.06 bits per heavy atom. The van der Waals surface area contributed by atoms with Gasteiger partial charge in [0.1, 0.15) is 0 Å². The molecule has 0 aliphatic carbocycles. The Balaban J connectivity index is 1.57. The molecule has 32 heavy (non-hydrogen) atoms. The highest BCUT2D eigenvalue weighted by Crippen LogP contribution is 2.24. The van der Waals surface area contributed by atoms with E-state index in [1.807, 2.05) is 36.4 Å². The monoisotopic (exact) mass is 478 g/mol. The first-order valence-corrected chi connectivity index (χ1v) is 12.6. The van der Waals surface area contributed by atoms with Gasteiger partial charge in [0.25, 0.3) is 0 Å². The van der Waals surface area contributed by atoms with Gasteiger partial charge in [-0.1, -0.05) is 24.3 Å². The van der Waals surface area contributed by atoms with Gasteiger partial charge >= 0.3 is 11.9 Å². The lowest BCUT2D eigenvalue weighted by Crippen LogP contribution is -2.09. The molecule has 0 aromatic heterocycles. The summed E-state index contributed by atoms with van der Waals surface area (Å²) in [5.74, 6) is 0.869. The fourth-order valence-electron chi connectivity index (χ4n) is 2.68. The van der Waals surface area contributed by atoms with Crippen molar-refractivity contribution < 1.29 is 28.5 Å². The average molecular weight is 479 g/mol. The molecule has 0 unspecified atom stereocenters. The van der Waals surface area contributed by atoms with E-state index in [9.17, 15) is 9.59 Å². The highest BCUT2D eigenvalue weighted by molar-refractivity contribution is 7.99. The zero-order chi connectivity index (χ0) is 23.0. The van der Waals surface area contributed by atoms with Gasteiger partial charge in [-0.25, -0.2) is 9.59 Å². The van der Waals surface area contributed by atoms with Gasteiger partial charge in [0.2, 0.25) is 0 Å². The summed E-state index contributed by atoms with van der Waals surface area (Å²) in [6.07, 6.45) is 0. The molecule has 2 rings (SSSR count). The van der Waals surface area contributed by atoms with E-state index in [0.29, 0.717) is 50.8 Å². The van der Waals surface area contributed by atoms with Gasteiger partial charge in [-0.2, -0.15) is 0 Å². The minimum Gasteiger partial charge on any atom is -0.462 e. The molecule has 6 nitrogen and oxygen atoms in total. The Hall–Kier alpha value is -2.00. The van der Waals surface area contributed by atoms with Gasteiger partial charge in [0.15, 0.2) is 0 Å². The van der Waals surface area contributed by atoms with Crippen molar-refractivity contribution in [2.75, 3.05) is 51.1 Å². The molecular weight excluding hydrogens is 448 g/mol. The first-order chi connectivity index (χ1) is 15.7. The third kappa shape index (κ3) is 9.24. The van der Waals surface area contributed by atoms with E-state index in [1.165, 1.54) is 0 Å². The third-order valence-corrected chi connectivity index (χ3v) is 6.18. The Kier molecular flexibility index (Phi) is 12.9. The molecular formula is C24H30O6S2. The minimum absolute atomic E-state index is 0.298. The van der Waals surface area contributed by atoms with Crippen molar-refractivity contribution in [3.05, 3.63) is 59.7 Å². The molecule has 0 N–H and O–H groups in total. The molecule has 0 atom stereocenters. The van der Waals surface area contributed by atoms with Crippen molar-refractivity contribution in [1.29, 1.82) is 0 Å². The number of ether oxygens (including phenoxy) is 4. The van der Waals surface area contributed by atoms with Crippen LogP contribution in [0.5, 0.6) is 0 Å². The quantitative estimate of drug-likeness (QED) is 0.202. The Bertz CT molecular complexity index is 773. The van der Waals surface area contributed by atoms with Crippen LogP contribution < -0.4 is 0 Å². The predicted octanol–water partition coefficient (Wildman–Crippen LogP) is 4.96. The Labute approximate surface area is 198 Å². The van der Waals surface area contributed by atoms with Gasteiger partial charge in [0.05, 0.1) is 50.8 Å². The van der Waals surface area contributed by atoms with Crippen LogP contribution in [0, 0.1) is 0 Å². The topological polar surface area (TPSA) is 71.1 Å². The standard InChI is InChI=1S/C24H30O6S2/c1-3-29-23(25)19-9-5-7-11-21(19)31-17-15-27-13-14-28-16-18-32-22-12-8-6-10-20(22)24(26)30-4-2/h5-12H,3-4,13-18H2,1-2H3. The largest absolute Gasteiger partial charge is 0.462 e. The van der Waals surface area contributed by atoms with Crippen molar-refractivity contribution in [3.8, 4) is 0 Å². The summed E-state index contributed by atoms with van der Waals surface area (Å²) >= 11 is 3.14. The molecule has 0 spiro atoms. The molecule has 0 bridgehead atoms. The summed E-state index contributed by atoms with van der Waals surface area (Å²) in [7, 11) is 0. The summed E-state index contributed by atoms with van der Waals surface area (Å²) < 4.78 is 21.4. The molecule has 0 fully saturated rings. The Morgan fingerprint density at radius 1 is 0.656 bits per heavy atom. The summed E-state index contributed by atoms with van der Waals surface area (Å²) in [6, 6.07) is 14.9. The van der Waals surface area contributed by atoms with Gasteiger partial charge in [-0.15, -0.1) is 23.5 Å². The highest BCUT2D eigenvalue weighted by Gasteiger charge is 2.12. The molecule has 0 saturated heterocycles. The van der Waals surface area contributed by atoms with Crippen LogP contribution in [0.15, 0.2) is 58.3 Å². The maximum absolute atomic E-state index is 12.0. The molecule has 0 aliphatic rings. The fourth-order valence-corrected chi connectivity index (χ4v) is 4.49. The molecule has 0 saturated carbocycles. The highest BCUT2D eigenvalue weighted by atomic mass is 32.2. The van der Waals surface area contributed by atoms with Crippen LogP contribution >= 0.6 is 23.5 Å². The normalized spacial score (nSPS) is 10.7. The second-order valence-corrected chi connectivity index (χ2v) is 8.63. The first-order valence-electron chi connectivity index (χ1n) is 10.6. The van der Waals surface area contributed by atoms with Crippen LogP contribution in [-0.4, -0.2) is 63.1 Å². The zero-order valence-corrected chi connectivity index (χ0v) is 20.2. The lowest BCUT2D eigenvalue weighted by molar-refractivity contribution is 0.0512. The minimum atomic E-state index is -0.298. The molecule has 0 amide bonds. The summed E-state index contributed by atoms with van der Waals surface area (Å²) in [5, 5.41) is 0. The SMILES string of the molecule is CCOC(=O)c1ccccc1SCCOCCOCCSc1ccccc1C(=O)OCC. The number of thioether (sulfide) groups is 2. The molecule has 0 aliphatic heterocycles. The maximum atomic E-state index is 12.0. The van der Waals surface area contributed by atoms with Crippen LogP contribution in [-0.2, 0) is 18.9 Å². The number of carbonyl (C=O) groups excluding carboxylic acids is 2. The van der Waals surface area contributed by atoms with Crippen molar-refractivity contribution in [2.45, 2.75) is 23.6 Å². The second-order valence-electron chi connectivity index (χ2n) is 6.35.